The Morgan fingerprint density at radius 2 is 1.70 bits per heavy atom. The summed E-state index contributed by atoms with van der Waals surface area (Å²) in [6.45, 7) is 0.747. The molecule has 2 aromatic carbocycles. The molecule has 0 aliphatic carbocycles. The second-order valence-corrected chi connectivity index (χ2v) is 5.35. The average molecular weight is 282 g/mol. The molecule has 5 heteroatoms. The van der Waals surface area contributed by atoms with Gasteiger partial charge in [0.05, 0.1) is 0 Å². The molecular weight excluding hydrogens is 268 g/mol. The lowest BCUT2D eigenvalue weighted by atomic mass is 10.2. The number of aromatic nitrogens is 2. The van der Waals surface area contributed by atoms with Gasteiger partial charge in [-0.3, -0.25) is 0 Å². The minimum atomic E-state index is 0.747. The number of nitrogens with zero attached hydrogens (tertiary/aromatic N) is 2. The second kappa shape index (κ2) is 5.71. The van der Waals surface area contributed by atoms with Crippen LogP contribution >= 0.6 is 11.3 Å². The van der Waals surface area contributed by atoms with Gasteiger partial charge in [0, 0.05) is 17.8 Å². The van der Waals surface area contributed by atoms with Gasteiger partial charge >= 0.3 is 0 Å². The summed E-state index contributed by atoms with van der Waals surface area (Å²) in [5.41, 5.74) is 8.68. The van der Waals surface area contributed by atoms with Crippen molar-refractivity contribution in [3.8, 4) is 10.6 Å². The number of hydrogen-bond acceptors (Lipinski definition) is 5. The van der Waals surface area contributed by atoms with Gasteiger partial charge in [0.25, 0.3) is 0 Å². The maximum Gasteiger partial charge on any atom is 0.206 e. The molecule has 0 amide bonds. The molecule has 0 fully saturated rings. The first-order chi connectivity index (χ1) is 9.81. The number of nitrogen functional groups attached to an aromatic ring is 1. The molecule has 0 radical (unpaired) electrons. The topological polar surface area (TPSA) is 63.8 Å². The molecule has 0 bridgehead atoms. The van der Waals surface area contributed by atoms with Gasteiger partial charge in [0.15, 0.2) is 0 Å². The van der Waals surface area contributed by atoms with Crippen LogP contribution in [0, 0.1) is 0 Å². The molecule has 20 heavy (non-hydrogen) atoms. The van der Waals surface area contributed by atoms with Crippen LogP contribution in [0.25, 0.3) is 10.6 Å². The van der Waals surface area contributed by atoms with Crippen LogP contribution in [0.1, 0.15) is 5.56 Å². The first-order valence-electron chi connectivity index (χ1n) is 6.28. The Morgan fingerprint density at radius 1 is 0.950 bits per heavy atom. The highest BCUT2D eigenvalue weighted by Crippen LogP contribution is 2.27. The third-order valence-electron chi connectivity index (χ3n) is 2.87. The average Bonchev–Trinajstić information content (AvgIpc) is 2.96. The number of rotatable bonds is 4. The first-order valence-corrected chi connectivity index (χ1v) is 7.10. The fourth-order valence-electron chi connectivity index (χ4n) is 1.81. The maximum absolute atomic E-state index is 5.68. The van der Waals surface area contributed by atoms with Crippen molar-refractivity contribution in [2.75, 3.05) is 11.1 Å². The lowest BCUT2D eigenvalue weighted by Crippen LogP contribution is -1.98. The largest absolute Gasteiger partial charge is 0.399 e. The van der Waals surface area contributed by atoms with Crippen LogP contribution in [0.2, 0.25) is 0 Å². The zero-order chi connectivity index (χ0) is 13.8. The summed E-state index contributed by atoms with van der Waals surface area (Å²) in [5.74, 6) is 0. The second-order valence-electron chi connectivity index (χ2n) is 4.37. The monoisotopic (exact) mass is 282 g/mol. The Hall–Kier alpha value is -2.40. The quantitative estimate of drug-likeness (QED) is 0.720. The summed E-state index contributed by atoms with van der Waals surface area (Å²) in [5, 5.41) is 13.3. The molecule has 0 spiro atoms. The third kappa shape index (κ3) is 2.95. The van der Waals surface area contributed by atoms with Crippen LogP contribution in [0.5, 0.6) is 0 Å². The van der Waals surface area contributed by atoms with Gasteiger partial charge in [-0.1, -0.05) is 41.7 Å². The third-order valence-corrected chi connectivity index (χ3v) is 3.80. The normalized spacial score (nSPS) is 10.4. The van der Waals surface area contributed by atoms with Crippen molar-refractivity contribution in [2.24, 2.45) is 0 Å². The molecule has 100 valence electrons. The van der Waals surface area contributed by atoms with E-state index in [2.05, 4.69) is 27.6 Å². The van der Waals surface area contributed by atoms with E-state index in [-0.39, 0.29) is 0 Å². The molecule has 1 heterocycles. The number of hydrogen-bond donors (Lipinski definition) is 2. The highest BCUT2D eigenvalue weighted by molar-refractivity contribution is 7.18. The number of nitrogens with one attached hydrogen (secondary N) is 1. The van der Waals surface area contributed by atoms with Gasteiger partial charge in [-0.05, 0) is 29.8 Å². The summed E-state index contributed by atoms with van der Waals surface area (Å²) in [6.07, 6.45) is 0. The van der Waals surface area contributed by atoms with Gasteiger partial charge < -0.3 is 11.1 Å². The standard InChI is InChI=1S/C15H14N4S/c16-13-8-6-12(7-9-13)14-18-19-15(20-14)17-10-11-4-2-1-3-5-11/h1-9H,10,16H2,(H,17,19). The minimum absolute atomic E-state index is 0.747. The molecule has 4 nitrogen and oxygen atoms in total. The van der Waals surface area contributed by atoms with Crippen LogP contribution in [0.15, 0.2) is 54.6 Å². The highest BCUT2D eigenvalue weighted by atomic mass is 32.1. The van der Waals surface area contributed by atoms with Crippen molar-refractivity contribution in [1.29, 1.82) is 0 Å². The molecule has 3 aromatic rings. The fraction of sp³-hybridized carbons (Fsp3) is 0.0667. The molecule has 0 unspecified atom stereocenters. The van der Waals surface area contributed by atoms with E-state index >= 15 is 0 Å². The van der Waals surface area contributed by atoms with Crippen LogP contribution in [-0.4, -0.2) is 10.2 Å². The van der Waals surface area contributed by atoms with Crippen molar-refractivity contribution in [3.05, 3.63) is 60.2 Å². The summed E-state index contributed by atoms with van der Waals surface area (Å²) in [7, 11) is 0. The van der Waals surface area contributed by atoms with Crippen molar-refractivity contribution in [1.82, 2.24) is 10.2 Å². The molecule has 0 aliphatic rings. The van der Waals surface area contributed by atoms with Gasteiger partial charge in [-0.2, -0.15) is 0 Å². The van der Waals surface area contributed by atoms with Crippen LogP contribution < -0.4 is 11.1 Å². The Labute approximate surface area is 121 Å². The van der Waals surface area contributed by atoms with E-state index < -0.39 is 0 Å². The van der Waals surface area contributed by atoms with Crippen molar-refractivity contribution in [2.45, 2.75) is 6.54 Å². The summed E-state index contributed by atoms with van der Waals surface area (Å²) in [6, 6.07) is 17.9. The smallest absolute Gasteiger partial charge is 0.206 e. The zero-order valence-electron chi connectivity index (χ0n) is 10.8. The Bertz CT molecular complexity index is 677. The molecule has 1 aromatic heterocycles. The van der Waals surface area contributed by atoms with E-state index in [0.717, 1.165) is 27.9 Å². The van der Waals surface area contributed by atoms with E-state index in [4.69, 9.17) is 5.73 Å². The van der Waals surface area contributed by atoms with Gasteiger partial charge in [-0.15, -0.1) is 10.2 Å². The molecular formula is C15H14N4S. The van der Waals surface area contributed by atoms with E-state index in [9.17, 15) is 0 Å². The highest BCUT2D eigenvalue weighted by Gasteiger charge is 2.06. The summed E-state index contributed by atoms with van der Waals surface area (Å²) in [4.78, 5) is 0. The molecule has 0 aliphatic heterocycles. The summed E-state index contributed by atoms with van der Waals surface area (Å²) < 4.78 is 0. The molecule has 3 rings (SSSR count). The van der Waals surface area contributed by atoms with Crippen LogP contribution in [0.4, 0.5) is 10.8 Å². The number of benzene rings is 2. The molecule has 0 atom stereocenters. The molecule has 0 saturated carbocycles. The first kappa shape index (κ1) is 12.6. The van der Waals surface area contributed by atoms with Gasteiger partial charge in [0.2, 0.25) is 5.13 Å². The van der Waals surface area contributed by atoms with Gasteiger partial charge in [-0.25, -0.2) is 0 Å². The van der Waals surface area contributed by atoms with Crippen molar-refractivity contribution < 1.29 is 0 Å². The Morgan fingerprint density at radius 3 is 2.45 bits per heavy atom. The van der Waals surface area contributed by atoms with E-state index in [1.54, 1.807) is 0 Å². The van der Waals surface area contributed by atoms with E-state index in [0.29, 0.717) is 0 Å². The van der Waals surface area contributed by atoms with Crippen molar-refractivity contribution in [3.63, 3.8) is 0 Å². The minimum Gasteiger partial charge on any atom is -0.399 e. The zero-order valence-corrected chi connectivity index (χ0v) is 11.6. The van der Waals surface area contributed by atoms with Crippen LogP contribution in [-0.2, 0) is 6.54 Å². The van der Waals surface area contributed by atoms with Gasteiger partial charge in [0.1, 0.15) is 5.01 Å². The maximum atomic E-state index is 5.68. The molecule has 0 saturated heterocycles. The predicted molar refractivity (Wildman–Crippen MR) is 83.5 cm³/mol. The Kier molecular flexibility index (Phi) is 3.60. The predicted octanol–water partition coefficient (Wildman–Crippen LogP) is 3.40. The van der Waals surface area contributed by atoms with E-state index in [1.807, 2.05) is 42.5 Å². The fourth-order valence-corrected chi connectivity index (χ4v) is 2.56. The molecule has 3 N–H and O–H groups in total. The lowest BCUT2D eigenvalue weighted by molar-refractivity contribution is 1.05. The number of nitrogens with two attached hydrogens (primary N) is 1. The van der Waals surface area contributed by atoms with E-state index in [1.165, 1.54) is 16.9 Å². The number of anilines is 2. The SMILES string of the molecule is Nc1ccc(-c2nnc(NCc3ccccc3)s2)cc1. The van der Waals surface area contributed by atoms with Crippen molar-refractivity contribution >= 4 is 22.2 Å². The summed E-state index contributed by atoms with van der Waals surface area (Å²) >= 11 is 1.54. The lowest BCUT2D eigenvalue weighted by Gasteiger charge is -2.01. The van der Waals surface area contributed by atoms with Crippen LogP contribution in [0.3, 0.4) is 0 Å². The Balaban J connectivity index is 1.69.